The number of unbranched alkanes of at least 4 members (excludes halogenated alkanes) is 12. The molecule has 0 spiro atoms. The fourth-order valence-electron chi connectivity index (χ4n) is 6.24. The molecule has 0 aliphatic heterocycles. The molecule has 1 amide bonds. The number of aliphatic hydroxyl groups is 1. The van der Waals surface area contributed by atoms with Crippen molar-refractivity contribution >= 4 is 13.7 Å². The van der Waals surface area contributed by atoms with Gasteiger partial charge in [-0.15, -0.1) is 0 Å². The van der Waals surface area contributed by atoms with E-state index >= 15 is 0 Å². The van der Waals surface area contributed by atoms with Crippen LogP contribution in [0.3, 0.4) is 0 Å². The number of rotatable bonds is 43. The SMILES string of the molecule is CC/C=C\C/C=C\C/C=C\C/C=C\C/C=C\C/C=C\C/C=C\C/C=C\CCCCC(=O)NC(COP(=O)([O-])OCC[N+](C)(C)C)C(O)/C=C/CC/C=C/CCCCCCCCCCC. The smallest absolute Gasteiger partial charge is 0.268 e. The Morgan fingerprint density at radius 2 is 0.969 bits per heavy atom. The first kappa shape index (κ1) is 60.9. The van der Waals surface area contributed by atoms with Gasteiger partial charge in [0.25, 0.3) is 7.82 Å². The molecule has 0 fully saturated rings. The van der Waals surface area contributed by atoms with Crippen LogP contribution in [0.25, 0.3) is 0 Å². The number of nitrogens with one attached hydrogen (secondary N) is 1. The molecule has 0 radical (unpaired) electrons. The quantitative estimate of drug-likeness (QED) is 0.0273. The number of hydrogen-bond donors (Lipinski definition) is 2. The zero-order chi connectivity index (χ0) is 47.1. The van der Waals surface area contributed by atoms with E-state index in [1.54, 1.807) is 6.08 Å². The van der Waals surface area contributed by atoms with Crippen molar-refractivity contribution in [3.63, 3.8) is 0 Å². The van der Waals surface area contributed by atoms with Gasteiger partial charge in [-0.05, 0) is 96.3 Å². The number of carbonyl (C=O) groups is 1. The number of aliphatic hydroxyl groups excluding tert-OH is 1. The molecule has 3 unspecified atom stereocenters. The van der Waals surface area contributed by atoms with Crippen LogP contribution < -0.4 is 10.2 Å². The summed E-state index contributed by atoms with van der Waals surface area (Å²) in [5.74, 6) is -0.256. The van der Waals surface area contributed by atoms with Crippen LogP contribution in [-0.4, -0.2) is 68.5 Å². The fraction of sp³-hybridized carbons (Fsp3) is 0.618. The van der Waals surface area contributed by atoms with E-state index in [1.165, 1.54) is 57.8 Å². The van der Waals surface area contributed by atoms with E-state index in [0.717, 1.165) is 83.5 Å². The number of hydrogen-bond acceptors (Lipinski definition) is 6. The number of allylic oxidation sites excluding steroid dienone is 19. The molecule has 0 saturated heterocycles. The van der Waals surface area contributed by atoms with Crippen LogP contribution >= 0.6 is 7.82 Å². The molecule has 0 rings (SSSR count). The molecule has 9 heteroatoms. The van der Waals surface area contributed by atoms with Crippen molar-refractivity contribution in [2.24, 2.45) is 0 Å². The summed E-state index contributed by atoms with van der Waals surface area (Å²) < 4.78 is 23.2. The highest BCUT2D eigenvalue weighted by Crippen LogP contribution is 2.38. The second-order valence-corrected chi connectivity index (χ2v) is 18.8. The van der Waals surface area contributed by atoms with Gasteiger partial charge in [-0.25, -0.2) is 0 Å². The van der Waals surface area contributed by atoms with Gasteiger partial charge in [-0.3, -0.25) is 9.36 Å². The third kappa shape index (κ3) is 46.9. The lowest BCUT2D eigenvalue weighted by atomic mass is 10.1. The minimum atomic E-state index is -4.62. The lowest BCUT2D eigenvalue weighted by molar-refractivity contribution is -0.870. The third-order valence-electron chi connectivity index (χ3n) is 10.2. The van der Waals surface area contributed by atoms with Gasteiger partial charge < -0.3 is 28.8 Å². The van der Waals surface area contributed by atoms with E-state index in [0.29, 0.717) is 17.4 Å². The Hall–Kier alpha value is -3.10. The van der Waals surface area contributed by atoms with Gasteiger partial charge in [0.15, 0.2) is 0 Å². The van der Waals surface area contributed by atoms with Gasteiger partial charge in [0, 0.05) is 6.42 Å². The minimum absolute atomic E-state index is 0.0224. The molecule has 3 atom stereocenters. The summed E-state index contributed by atoms with van der Waals surface area (Å²) in [6.45, 7) is 4.44. The second-order valence-electron chi connectivity index (χ2n) is 17.4. The van der Waals surface area contributed by atoms with Crippen LogP contribution in [0.15, 0.2) is 122 Å². The van der Waals surface area contributed by atoms with E-state index in [2.05, 4.69) is 129 Å². The summed E-state index contributed by atoms with van der Waals surface area (Å²) in [5.41, 5.74) is 0. The minimum Gasteiger partial charge on any atom is -0.756 e. The zero-order valence-electron chi connectivity index (χ0n) is 41.2. The molecule has 0 bridgehead atoms. The predicted octanol–water partition coefficient (Wildman–Crippen LogP) is 14.0. The largest absolute Gasteiger partial charge is 0.756 e. The van der Waals surface area contributed by atoms with Gasteiger partial charge in [-0.1, -0.05) is 187 Å². The highest BCUT2D eigenvalue weighted by molar-refractivity contribution is 7.45. The number of amides is 1. The molecule has 0 saturated carbocycles. The van der Waals surface area contributed by atoms with Crippen LogP contribution in [0, 0.1) is 0 Å². The average molecular weight is 909 g/mol. The molecule has 0 aromatic heterocycles. The topological polar surface area (TPSA) is 108 Å². The lowest BCUT2D eigenvalue weighted by Gasteiger charge is -2.29. The van der Waals surface area contributed by atoms with Gasteiger partial charge in [0.05, 0.1) is 39.9 Å². The lowest BCUT2D eigenvalue weighted by Crippen LogP contribution is -2.45. The van der Waals surface area contributed by atoms with Crippen LogP contribution in [-0.2, 0) is 18.4 Å². The Bertz CT molecular complexity index is 1450. The molecule has 0 aliphatic carbocycles. The fourth-order valence-corrected chi connectivity index (χ4v) is 6.96. The first-order valence-corrected chi connectivity index (χ1v) is 26.4. The highest BCUT2D eigenvalue weighted by atomic mass is 31.2. The van der Waals surface area contributed by atoms with Crippen molar-refractivity contribution in [1.82, 2.24) is 5.32 Å². The monoisotopic (exact) mass is 909 g/mol. The first-order valence-electron chi connectivity index (χ1n) is 24.9. The normalized spacial score (nSPS) is 15.2. The van der Waals surface area contributed by atoms with Crippen LogP contribution in [0.1, 0.15) is 168 Å². The van der Waals surface area contributed by atoms with Crippen molar-refractivity contribution < 1.29 is 32.9 Å². The maximum absolute atomic E-state index is 12.9. The van der Waals surface area contributed by atoms with E-state index in [1.807, 2.05) is 27.2 Å². The summed E-state index contributed by atoms with van der Waals surface area (Å²) in [4.78, 5) is 25.4. The van der Waals surface area contributed by atoms with Gasteiger partial charge in [0.1, 0.15) is 13.2 Å². The van der Waals surface area contributed by atoms with E-state index in [-0.39, 0.29) is 18.9 Å². The van der Waals surface area contributed by atoms with Crippen molar-refractivity contribution in [1.29, 1.82) is 0 Å². The van der Waals surface area contributed by atoms with Gasteiger partial charge >= 0.3 is 0 Å². The molecule has 0 aromatic rings. The molecule has 364 valence electrons. The molecule has 0 aromatic carbocycles. The number of phosphoric acid groups is 1. The van der Waals surface area contributed by atoms with Gasteiger partial charge in [-0.2, -0.15) is 0 Å². The van der Waals surface area contributed by atoms with E-state index in [4.69, 9.17) is 9.05 Å². The molecule has 0 aliphatic rings. The third-order valence-corrected chi connectivity index (χ3v) is 11.1. The Kier molecular flexibility index (Phi) is 42.9. The Labute approximate surface area is 393 Å². The zero-order valence-corrected chi connectivity index (χ0v) is 42.1. The van der Waals surface area contributed by atoms with E-state index in [9.17, 15) is 19.4 Å². The summed E-state index contributed by atoms with van der Waals surface area (Å²) in [7, 11) is 1.19. The standard InChI is InChI=1S/C55H93N2O6P/c1-6-8-10-12-14-16-18-20-22-23-24-25-26-27-28-29-30-31-32-33-35-37-39-41-43-45-47-49-55(59)56-53(52-63-64(60,61)62-51-50-57(3,4)5)54(58)48-46-44-42-40-38-36-34-21-19-17-15-13-11-9-7-2/h8,10,14,16,20,22,24-25,27-28,30-31,33,35,38-41,46,48,53-54,58H,6-7,9,11-13,15,17-19,21,23,26,29,32,34,36-37,42-45,47,49-52H2,1-5H3,(H-,56,59,60,61)/b10-8-,16-14-,22-20-,25-24-,28-27-,31-30-,35-33-,40-38+,41-39-,48-46+. The summed E-state index contributed by atoms with van der Waals surface area (Å²) >= 11 is 0. The Morgan fingerprint density at radius 3 is 1.45 bits per heavy atom. The summed E-state index contributed by atoms with van der Waals surface area (Å²) in [6, 6.07) is -0.935. The number of phosphoric ester groups is 1. The molecule has 8 nitrogen and oxygen atoms in total. The Balaban J connectivity index is 4.48. The average Bonchev–Trinajstić information content (AvgIpc) is 3.25. The number of nitrogens with zero attached hydrogens (tertiary/aromatic N) is 1. The Morgan fingerprint density at radius 1 is 0.562 bits per heavy atom. The maximum Gasteiger partial charge on any atom is 0.268 e. The molecule has 0 heterocycles. The van der Waals surface area contributed by atoms with Crippen LogP contribution in [0.4, 0.5) is 0 Å². The molecule has 2 N–H and O–H groups in total. The van der Waals surface area contributed by atoms with E-state index < -0.39 is 26.6 Å². The number of carbonyl (C=O) groups excluding carboxylic acids is 1. The van der Waals surface area contributed by atoms with Crippen molar-refractivity contribution in [2.75, 3.05) is 40.9 Å². The van der Waals surface area contributed by atoms with Crippen LogP contribution in [0.2, 0.25) is 0 Å². The van der Waals surface area contributed by atoms with Crippen LogP contribution in [0.5, 0.6) is 0 Å². The van der Waals surface area contributed by atoms with Crippen molar-refractivity contribution in [2.45, 2.75) is 180 Å². The predicted molar refractivity (Wildman–Crippen MR) is 274 cm³/mol. The van der Waals surface area contributed by atoms with Crippen molar-refractivity contribution in [3.8, 4) is 0 Å². The molecular formula is C55H93N2O6P. The van der Waals surface area contributed by atoms with Crippen molar-refractivity contribution in [3.05, 3.63) is 122 Å². The molecule has 64 heavy (non-hydrogen) atoms. The highest BCUT2D eigenvalue weighted by Gasteiger charge is 2.23. The number of likely N-dealkylation sites (N-methyl/N-ethyl adjacent to an activating group) is 1. The maximum atomic E-state index is 12.9. The first-order chi connectivity index (χ1) is 31.0. The second kappa shape index (κ2) is 45.1. The number of quaternary nitrogens is 1. The molecular weight excluding hydrogens is 816 g/mol. The summed E-state index contributed by atoms with van der Waals surface area (Å²) in [6.07, 6.45) is 66.9. The van der Waals surface area contributed by atoms with Gasteiger partial charge in [0.2, 0.25) is 5.91 Å². The summed E-state index contributed by atoms with van der Waals surface area (Å²) in [5, 5.41) is 13.8.